The van der Waals surface area contributed by atoms with Crippen molar-refractivity contribution in [1.82, 2.24) is 9.97 Å². The molecule has 90 valence electrons. The molecule has 0 unspecified atom stereocenters. The van der Waals surface area contributed by atoms with Gasteiger partial charge in [-0.25, -0.2) is 9.97 Å². The first kappa shape index (κ1) is 11.8. The van der Waals surface area contributed by atoms with Gasteiger partial charge in [0, 0.05) is 25.8 Å². The van der Waals surface area contributed by atoms with Gasteiger partial charge in [-0.2, -0.15) is 5.26 Å². The smallest absolute Gasteiger partial charge is 0.145 e. The predicted molar refractivity (Wildman–Crippen MR) is 63.4 cm³/mol. The zero-order valence-electron chi connectivity index (χ0n) is 9.72. The van der Waals surface area contributed by atoms with Gasteiger partial charge in [0.25, 0.3) is 0 Å². The monoisotopic (exact) mass is 232 g/mol. The fourth-order valence-corrected chi connectivity index (χ4v) is 1.95. The largest absolute Gasteiger partial charge is 0.381 e. The Morgan fingerprint density at radius 3 is 3.00 bits per heavy atom. The number of nitrogens with one attached hydrogen (secondary N) is 1. The fraction of sp³-hybridized carbons (Fsp3) is 0.583. The minimum absolute atomic E-state index is 0.397. The van der Waals surface area contributed by atoms with E-state index in [9.17, 15) is 0 Å². The van der Waals surface area contributed by atoms with Crippen LogP contribution < -0.4 is 5.32 Å². The Balaban J connectivity index is 1.75. The summed E-state index contributed by atoms with van der Waals surface area (Å²) in [6.45, 7) is 2.65. The lowest BCUT2D eigenvalue weighted by molar-refractivity contribution is 0.0649. The normalized spacial score (nSPS) is 16.4. The van der Waals surface area contributed by atoms with Crippen molar-refractivity contribution in [1.29, 1.82) is 5.26 Å². The predicted octanol–water partition coefficient (Wildman–Crippen LogP) is 1.58. The van der Waals surface area contributed by atoms with Crippen LogP contribution in [-0.4, -0.2) is 29.7 Å². The second-order valence-corrected chi connectivity index (χ2v) is 4.17. The Morgan fingerprint density at radius 2 is 2.24 bits per heavy atom. The van der Waals surface area contributed by atoms with Gasteiger partial charge in [-0.3, -0.25) is 0 Å². The van der Waals surface area contributed by atoms with Crippen molar-refractivity contribution >= 4 is 5.82 Å². The molecule has 1 aromatic rings. The summed E-state index contributed by atoms with van der Waals surface area (Å²) in [5.41, 5.74) is 0.397. The molecule has 0 spiro atoms. The number of hydrogen-bond donors (Lipinski definition) is 1. The minimum Gasteiger partial charge on any atom is -0.381 e. The summed E-state index contributed by atoms with van der Waals surface area (Å²) in [7, 11) is 0. The molecule has 17 heavy (non-hydrogen) atoms. The van der Waals surface area contributed by atoms with Crippen molar-refractivity contribution < 1.29 is 4.74 Å². The van der Waals surface area contributed by atoms with Gasteiger partial charge in [0.2, 0.25) is 0 Å². The first-order chi connectivity index (χ1) is 8.38. The molecule has 2 heterocycles. The zero-order chi connectivity index (χ0) is 11.9. The molecule has 0 amide bonds. The van der Waals surface area contributed by atoms with Crippen molar-refractivity contribution in [2.75, 3.05) is 25.1 Å². The third kappa shape index (κ3) is 3.68. The van der Waals surface area contributed by atoms with E-state index in [0.717, 1.165) is 50.8 Å². The number of hydrogen-bond acceptors (Lipinski definition) is 5. The van der Waals surface area contributed by atoms with Crippen LogP contribution in [0.4, 0.5) is 5.82 Å². The maximum Gasteiger partial charge on any atom is 0.145 e. The van der Waals surface area contributed by atoms with E-state index in [2.05, 4.69) is 15.3 Å². The van der Waals surface area contributed by atoms with Crippen LogP contribution in [0.5, 0.6) is 0 Å². The molecule has 1 aromatic heterocycles. The molecule has 0 bridgehead atoms. The number of ether oxygens (including phenoxy) is 1. The molecule has 0 saturated carbocycles. The van der Waals surface area contributed by atoms with Crippen LogP contribution in [0, 0.1) is 17.2 Å². The van der Waals surface area contributed by atoms with E-state index in [4.69, 9.17) is 10.00 Å². The number of nitrogens with zero attached hydrogens (tertiary/aromatic N) is 3. The van der Waals surface area contributed by atoms with Crippen LogP contribution in [0.1, 0.15) is 25.0 Å². The molecule has 5 nitrogen and oxygen atoms in total. The first-order valence-corrected chi connectivity index (χ1v) is 5.92. The molecule has 0 radical (unpaired) electrons. The highest BCUT2D eigenvalue weighted by Gasteiger charge is 2.12. The van der Waals surface area contributed by atoms with E-state index in [1.165, 1.54) is 6.33 Å². The molecule has 2 rings (SSSR count). The van der Waals surface area contributed by atoms with E-state index in [0.29, 0.717) is 5.69 Å². The topological polar surface area (TPSA) is 70.8 Å². The van der Waals surface area contributed by atoms with E-state index in [1.54, 1.807) is 6.07 Å². The number of anilines is 1. The molecule has 1 saturated heterocycles. The van der Waals surface area contributed by atoms with Crippen molar-refractivity contribution in [2.45, 2.75) is 19.3 Å². The highest BCUT2D eigenvalue weighted by Crippen LogP contribution is 2.18. The van der Waals surface area contributed by atoms with Crippen molar-refractivity contribution in [2.24, 2.45) is 5.92 Å². The van der Waals surface area contributed by atoms with Gasteiger partial charge in [0.1, 0.15) is 23.9 Å². The lowest BCUT2D eigenvalue weighted by Gasteiger charge is -2.21. The molecule has 1 aliphatic rings. The van der Waals surface area contributed by atoms with Crippen molar-refractivity contribution in [3.05, 3.63) is 18.1 Å². The second kappa shape index (κ2) is 6.16. The second-order valence-electron chi connectivity index (χ2n) is 4.17. The summed E-state index contributed by atoms with van der Waals surface area (Å²) in [5.74, 6) is 1.47. The van der Waals surface area contributed by atoms with Crippen LogP contribution in [0.25, 0.3) is 0 Å². The molecular weight excluding hydrogens is 216 g/mol. The van der Waals surface area contributed by atoms with Gasteiger partial charge < -0.3 is 10.1 Å². The van der Waals surface area contributed by atoms with Crippen LogP contribution in [0.15, 0.2) is 12.4 Å². The third-order valence-corrected chi connectivity index (χ3v) is 2.98. The molecule has 1 fully saturated rings. The van der Waals surface area contributed by atoms with Gasteiger partial charge in [0.05, 0.1) is 0 Å². The lowest BCUT2D eigenvalue weighted by atomic mass is 9.97. The minimum atomic E-state index is 0.397. The lowest BCUT2D eigenvalue weighted by Crippen LogP contribution is -2.18. The summed E-state index contributed by atoms with van der Waals surface area (Å²) >= 11 is 0. The van der Waals surface area contributed by atoms with E-state index < -0.39 is 0 Å². The average Bonchev–Trinajstić information content (AvgIpc) is 2.40. The van der Waals surface area contributed by atoms with Gasteiger partial charge in [-0.1, -0.05) is 0 Å². The number of aromatic nitrogens is 2. The highest BCUT2D eigenvalue weighted by atomic mass is 16.5. The zero-order valence-corrected chi connectivity index (χ0v) is 9.72. The molecule has 1 N–H and O–H groups in total. The van der Waals surface area contributed by atoms with Gasteiger partial charge >= 0.3 is 0 Å². The maximum atomic E-state index is 8.71. The van der Waals surface area contributed by atoms with Crippen molar-refractivity contribution in [3.8, 4) is 6.07 Å². The van der Waals surface area contributed by atoms with Crippen LogP contribution in [0.3, 0.4) is 0 Å². The summed E-state index contributed by atoms with van der Waals surface area (Å²) in [6, 6.07) is 3.67. The quantitative estimate of drug-likeness (QED) is 0.853. The Kier molecular flexibility index (Phi) is 4.28. The SMILES string of the molecule is N#Cc1cc(NCCC2CCOCC2)ncn1. The van der Waals surface area contributed by atoms with Crippen LogP contribution >= 0.6 is 0 Å². The summed E-state index contributed by atoms with van der Waals surface area (Å²) in [6.07, 6.45) is 4.83. The third-order valence-electron chi connectivity index (χ3n) is 2.98. The first-order valence-electron chi connectivity index (χ1n) is 5.92. The molecule has 0 aliphatic carbocycles. The Labute approximate surface area is 101 Å². The maximum absolute atomic E-state index is 8.71. The van der Waals surface area contributed by atoms with Gasteiger partial charge in [-0.15, -0.1) is 0 Å². The standard InChI is InChI=1S/C12H16N4O/c13-8-11-7-12(16-9-15-11)14-4-1-10-2-5-17-6-3-10/h7,9-10H,1-6H2,(H,14,15,16). The van der Waals surface area contributed by atoms with Gasteiger partial charge in [-0.05, 0) is 25.2 Å². The van der Waals surface area contributed by atoms with E-state index in [1.807, 2.05) is 6.07 Å². The summed E-state index contributed by atoms with van der Waals surface area (Å²) in [5, 5.41) is 11.9. The average molecular weight is 232 g/mol. The Bertz CT molecular complexity index is 396. The summed E-state index contributed by atoms with van der Waals surface area (Å²) in [4.78, 5) is 7.90. The van der Waals surface area contributed by atoms with Crippen molar-refractivity contribution in [3.63, 3.8) is 0 Å². The Hall–Kier alpha value is -1.67. The van der Waals surface area contributed by atoms with Crippen LogP contribution in [0.2, 0.25) is 0 Å². The number of nitriles is 1. The van der Waals surface area contributed by atoms with Crippen LogP contribution in [-0.2, 0) is 4.74 Å². The molecule has 1 aliphatic heterocycles. The van der Waals surface area contributed by atoms with Gasteiger partial charge in [0.15, 0.2) is 0 Å². The molecule has 5 heteroatoms. The molecule has 0 aromatic carbocycles. The highest BCUT2D eigenvalue weighted by molar-refractivity contribution is 5.38. The molecule has 0 atom stereocenters. The molecular formula is C12H16N4O. The fourth-order valence-electron chi connectivity index (χ4n) is 1.95. The van der Waals surface area contributed by atoms with E-state index >= 15 is 0 Å². The summed E-state index contributed by atoms with van der Waals surface area (Å²) < 4.78 is 5.32. The number of rotatable bonds is 4. The Morgan fingerprint density at radius 1 is 1.41 bits per heavy atom. The van der Waals surface area contributed by atoms with E-state index in [-0.39, 0.29) is 0 Å².